The van der Waals surface area contributed by atoms with E-state index in [-0.39, 0.29) is 0 Å². The molecule has 5 nitrogen and oxygen atoms in total. The number of nitriles is 1. The highest BCUT2D eigenvalue weighted by atomic mass is 35.5. The summed E-state index contributed by atoms with van der Waals surface area (Å²) in [5, 5.41) is 27.3. The predicted octanol–water partition coefficient (Wildman–Crippen LogP) is 6.55. The van der Waals surface area contributed by atoms with Crippen molar-refractivity contribution >= 4 is 45.7 Å². The van der Waals surface area contributed by atoms with E-state index in [0.717, 1.165) is 50.4 Å². The molecule has 0 saturated carbocycles. The zero-order valence-electron chi connectivity index (χ0n) is 17.8. The quantitative estimate of drug-likeness (QED) is 0.255. The summed E-state index contributed by atoms with van der Waals surface area (Å²) in [4.78, 5) is 10.8. The molecule has 0 spiro atoms. The summed E-state index contributed by atoms with van der Waals surface area (Å²) < 4.78 is 0. The van der Waals surface area contributed by atoms with Crippen molar-refractivity contribution in [3.8, 4) is 6.07 Å². The number of fused-ring (bicyclic) bond motifs is 1. The number of carboxylic acids is 1. The van der Waals surface area contributed by atoms with Gasteiger partial charge < -0.3 is 5.11 Å². The maximum atomic E-state index is 10.8. The van der Waals surface area contributed by atoms with Crippen molar-refractivity contribution in [1.29, 1.82) is 5.26 Å². The van der Waals surface area contributed by atoms with E-state index in [2.05, 4.69) is 29.3 Å². The van der Waals surface area contributed by atoms with Gasteiger partial charge >= 0.3 is 5.97 Å². The van der Waals surface area contributed by atoms with Crippen LogP contribution in [0.1, 0.15) is 41.2 Å². The van der Waals surface area contributed by atoms with E-state index in [4.69, 9.17) is 16.7 Å². The van der Waals surface area contributed by atoms with Gasteiger partial charge in [-0.25, -0.2) is 4.79 Å². The van der Waals surface area contributed by atoms with Gasteiger partial charge in [0, 0.05) is 16.5 Å². The topological polar surface area (TPSA) is 89.8 Å². The zero-order valence-corrected chi connectivity index (χ0v) is 18.6. The minimum atomic E-state index is -0.992. The van der Waals surface area contributed by atoms with Crippen LogP contribution in [-0.4, -0.2) is 21.3 Å². The molecule has 1 aromatic heterocycles. The number of nitrogens with zero attached hydrogens (tertiary/aromatic N) is 2. The van der Waals surface area contributed by atoms with Gasteiger partial charge in [-0.15, -0.1) is 0 Å². The number of carbonyl (C=O) groups is 1. The molecule has 4 aromatic rings. The van der Waals surface area contributed by atoms with Crippen LogP contribution in [0.2, 0.25) is 5.02 Å². The van der Waals surface area contributed by atoms with E-state index < -0.39 is 5.97 Å². The fourth-order valence-corrected chi connectivity index (χ4v) is 4.09. The molecule has 2 N–H and O–H groups in total. The molecule has 0 aliphatic carbocycles. The molecule has 0 amide bonds. The third-order valence-electron chi connectivity index (χ3n) is 5.43. The van der Waals surface area contributed by atoms with Crippen LogP contribution in [0.15, 0.2) is 72.9 Å². The third-order valence-corrected chi connectivity index (χ3v) is 5.66. The Kier molecular flexibility index (Phi) is 6.39. The fourth-order valence-electron chi connectivity index (χ4n) is 3.92. The van der Waals surface area contributed by atoms with Crippen LogP contribution < -0.4 is 0 Å². The second-order valence-electron chi connectivity index (χ2n) is 7.47. The molecule has 3 aromatic carbocycles. The van der Waals surface area contributed by atoms with Crippen LogP contribution in [-0.2, 0) is 4.79 Å². The Labute approximate surface area is 196 Å². The van der Waals surface area contributed by atoms with E-state index in [1.807, 2.05) is 42.5 Å². The molecule has 33 heavy (non-hydrogen) atoms. The second kappa shape index (κ2) is 9.56. The number of halogens is 1. The van der Waals surface area contributed by atoms with E-state index in [0.29, 0.717) is 17.0 Å². The van der Waals surface area contributed by atoms with Crippen LogP contribution in [0.4, 0.5) is 0 Å². The average Bonchev–Trinajstić information content (AvgIpc) is 3.30. The van der Waals surface area contributed by atoms with E-state index >= 15 is 0 Å². The number of allylic oxidation sites excluding steroid dienone is 1. The fraction of sp³-hybridized carbons (Fsp3) is 0.0741. The van der Waals surface area contributed by atoms with Crippen LogP contribution >= 0.6 is 11.6 Å². The summed E-state index contributed by atoms with van der Waals surface area (Å²) in [5.41, 5.74) is 7.04. The first-order valence-corrected chi connectivity index (χ1v) is 10.8. The van der Waals surface area contributed by atoms with Crippen molar-refractivity contribution in [3.63, 3.8) is 0 Å². The van der Waals surface area contributed by atoms with Gasteiger partial charge in [0.2, 0.25) is 0 Å². The monoisotopic (exact) mass is 453 g/mol. The van der Waals surface area contributed by atoms with E-state index in [1.54, 1.807) is 24.4 Å². The summed E-state index contributed by atoms with van der Waals surface area (Å²) in [6.07, 6.45) is 5.14. The van der Waals surface area contributed by atoms with Crippen LogP contribution in [0.25, 0.3) is 28.1 Å². The van der Waals surface area contributed by atoms with Gasteiger partial charge in [0.05, 0.1) is 23.3 Å². The van der Waals surface area contributed by atoms with Gasteiger partial charge in [-0.2, -0.15) is 10.4 Å². The molecule has 0 bridgehead atoms. The standard InChI is InChI=1S/C27H20ClN3O2/c1-2-23(24-10-9-22(28)14-20(24)15-29)27(19-8-11-25-21(13-19)16-30-31-25)18-6-3-17(4-7-18)5-12-26(32)33/h3-14,16H,2H2,1H3,(H,30,31)(H,32,33). The molecule has 0 aliphatic heterocycles. The predicted molar refractivity (Wildman–Crippen MR) is 132 cm³/mol. The molecule has 0 radical (unpaired) electrons. The van der Waals surface area contributed by atoms with Crippen LogP contribution in [0.3, 0.4) is 0 Å². The summed E-state index contributed by atoms with van der Waals surface area (Å²) in [5.74, 6) is -0.992. The van der Waals surface area contributed by atoms with Gasteiger partial charge in [-0.3, -0.25) is 5.10 Å². The van der Waals surface area contributed by atoms with Crippen molar-refractivity contribution in [2.75, 3.05) is 0 Å². The SMILES string of the molecule is CCC(=C(c1ccc(C=CC(=O)O)cc1)c1ccc2[nH]ncc2c1)c1ccc(Cl)cc1C#N. The molecule has 0 atom stereocenters. The second-order valence-corrected chi connectivity index (χ2v) is 7.91. The Bertz CT molecular complexity index is 1440. The Morgan fingerprint density at radius 3 is 2.58 bits per heavy atom. The van der Waals surface area contributed by atoms with Crippen molar-refractivity contribution in [3.05, 3.63) is 106 Å². The van der Waals surface area contributed by atoms with Crippen molar-refractivity contribution < 1.29 is 9.90 Å². The highest BCUT2D eigenvalue weighted by Gasteiger charge is 2.17. The van der Waals surface area contributed by atoms with Crippen molar-refractivity contribution in [2.45, 2.75) is 13.3 Å². The molecular formula is C27H20ClN3O2. The van der Waals surface area contributed by atoms with Gasteiger partial charge in [-0.05, 0) is 70.2 Å². The number of hydrogen-bond acceptors (Lipinski definition) is 3. The van der Waals surface area contributed by atoms with Crippen LogP contribution in [0.5, 0.6) is 0 Å². The Balaban J connectivity index is 1.96. The van der Waals surface area contributed by atoms with Gasteiger partial charge in [-0.1, -0.05) is 54.9 Å². The van der Waals surface area contributed by atoms with E-state index in [1.165, 1.54) is 0 Å². The molecule has 0 fully saturated rings. The highest BCUT2D eigenvalue weighted by molar-refractivity contribution is 6.30. The maximum absolute atomic E-state index is 10.8. The Hall–Kier alpha value is -4.14. The number of nitrogens with one attached hydrogen (secondary N) is 1. The first-order valence-electron chi connectivity index (χ1n) is 10.4. The summed E-state index contributed by atoms with van der Waals surface area (Å²) in [7, 11) is 0. The Morgan fingerprint density at radius 2 is 1.88 bits per heavy atom. The molecule has 6 heteroatoms. The molecule has 4 rings (SSSR count). The summed E-state index contributed by atoms with van der Waals surface area (Å²) in [6.45, 7) is 2.06. The lowest BCUT2D eigenvalue weighted by atomic mass is 9.86. The molecule has 162 valence electrons. The minimum Gasteiger partial charge on any atom is -0.478 e. The molecule has 0 saturated heterocycles. The first-order chi connectivity index (χ1) is 16.0. The smallest absolute Gasteiger partial charge is 0.328 e. The number of hydrogen-bond donors (Lipinski definition) is 2. The first kappa shape index (κ1) is 22.1. The highest BCUT2D eigenvalue weighted by Crippen LogP contribution is 2.37. The van der Waals surface area contributed by atoms with Gasteiger partial charge in [0.25, 0.3) is 0 Å². The van der Waals surface area contributed by atoms with Crippen LogP contribution in [0, 0.1) is 11.3 Å². The lowest BCUT2D eigenvalue weighted by molar-refractivity contribution is -0.131. The lowest BCUT2D eigenvalue weighted by Gasteiger charge is -2.18. The maximum Gasteiger partial charge on any atom is 0.328 e. The molecule has 0 unspecified atom stereocenters. The number of benzene rings is 3. The largest absolute Gasteiger partial charge is 0.478 e. The molecule has 1 heterocycles. The normalized spacial score (nSPS) is 12.0. The van der Waals surface area contributed by atoms with Crippen molar-refractivity contribution in [2.24, 2.45) is 0 Å². The molecular weight excluding hydrogens is 434 g/mol. The summed E-state index contributed by atoms with van der Waals surface area (Å²) >= 11 is 6.15. The number of carboxylic acid groups (broad SMARTS) is 1. The third kappa shape index (κ3) is 4.72. The average molecular weight is 454 g/mol. The van der Waals surface area contributed by atoms with Crippen molar-refractivity contribution in [1.82, 2.24) is 10.2 Å². The van der Waals surface area contributed by atoms with E-state index in [9.17, 15) is 10.1 Å². The summed E-state index contributed by atoms with van der Waals surface area (Å²) in [6, 6.07) is 21.4. The van der Waals surface area contributed by atoms with Gasteiger partial charge in [0.15, 0.2) is 0 Å². The van der Waals surface area contributed by atoms with Gasteiger partial charge in [0.1, 0.15) is 0 Å². The lowest BCUT2D eigenvalue weighted by Crippen LogP contribution is -1.97. The zero-order chi connectivity index (χ0) is 23.4. The Morgan fingerprint density at radius 1 is 1.12 bits per heavy atom. The number of aromatic nitrogens is 2. The number of aliphatic carboxylic acids is 1. The number of aromatic amines is 1. The molecule has 0 aliphatic rings. The number of H-pyrrole nitrogens is 1. The number of rotatable bonds is 6. The minimum absolute atomic E-state index is 0.515.